The molecular formula is C35H43ClN4O5. The molecule has 5 N–H and O–H groups in total. The van der Waals surface area contributed by atoms with Crippen molar-refractivity contribution in [1.82, 2.24) is 5.32 Å². The maximum absolute atomic E-state index is 13.6. The van der Waals surface area contributed by atoms with Gasteiger partial charge in [-0.25, -0.2) is 14.6 Å². The molecule has 3 aromatic carbocycles. The molecule has 0 fully saturated rings. The summed E-state index contributed by atoms with van der Waals surface area (Å²) in [6.45, 7) is 11.2. The normalized spacial score (nSPS) is 16.0. The van der Waals surface area contributed by atoms with Crippen LogP contribution in [0.15, 0.2) is 71.7 Å². The average Bonchev–Trinajstić information content (AvgIpc) is 2.94. The molecule has 3 aromatic rings. The van der Waals surface area contributed by atoms with Crippen LogP contribution in [0.4, 0.5) is 10.5 Å². The van der Waals surface area contributed by atoms with E-state index in [1.165, 1.54) is 0 Å². The Morgan fingerprint density at radius 3 is 2.36 bits per heavy atom. The number of halogens is 1. The van der Waals surface area contributed by atoms with Gasteiger partial charge < -0.3 is 31.0 Å². The van der Waals surface area contributed by atoms with Crippen LogP contribution in [0.3, 0.4) is 0 Å². The minimum absolute atomic E-state index is 0.131. The molecule has 0 aliphatic carbocycles. The maximum atomic E-state index is 13.6. The van der Waals surface area contributed by atoms with Crippen molar-refractivity contribution in [3.8, 4) is 5.75 Å². The van der Waals surface area contributed by atoms with Crippen molar-refractivity contribution >= 4 is 35.2 Å². The first-order valence-corrected chi connectivity index (χ1v) is 15.4. The number of amidine groups is 1. The van der Waals surface area contributed by atoms with Gasteiger partial charge in [-0.1, -0.05) is 54.1 Å². The van der Waals surface area contributed by atoms with Crippen molar-refractivity contribution in [2.75, 3.05) is 0 Å². The summed E-state index contributed by atoms with van der Waals surface area (Å²) in [4.78, 5) is 30.8. The Morgan fingerprint density at radius 2 is 1.64 bits per heavy atom. The number of ether oxygens (including phenoxy) is 3. The van der Waals surface area contributed by atoms with Crippen molar-refractivity contribution in [2.24, 2.45) is 16.5 Å². The zero-order valence-corrected chi connectivity index (χ0v) is 27.5. The summed E-state index contributed by atoms with van der Waals surface area (Å²) < 4.78 is 17.3. The molecule has 0 saturated heterocycles. The molecule has 9 nitrogen and oxygen atoms in total. The molecule has 45 heavy (non-hydrogen) atoms. The lowest BCUT2D eigenvalue weighted by atomic mass is 9.83. The highest BCUT2D eigenvalue weighted by atomic mass is 35.5. The SMILES string of the molecule is CC1Oc2ccc(C(N)(Cc3cccc(CNC(=O)OC(C)(C)CCc4cccc(Cl)c4)c3)C(=O)OC(C)(C)C)cc2N=C1N. The lowest BCUT2D eigenvalue weighted by Crippen LogP contribution is -2.50. The van der Waals surface area contributed by atoms with Crippen molar-refractivity contribution in [1.29, 1.82) is 0 Å². The molecule has 10 heteroatoms. The second kappa shape index (κ2) is 13.5. The van der Waals surface area contributed by atoms with Crippen LogP contribution in [0.2, 0.25) is 5.02 Å². The maximum Gasteiger partial charge on any atom is 0.407 e. The topological polar surface area (TPSA) is 138 Å². The van der Waals surface area contributed by atoms with Crippen LogP contribution in [-0.2, 0) is 39.2 Å². The van der Waals surface area contributed by atoms with Crippen molar-refractivity contribution in [3.63, 3.8) is 0 Å². The zero-order valence-electron chi connectivity index (χ0n) is 26.8. The first-order chi connectivity index (χ1) is 21.0. The fraction of sp³-hybridized carbons (Fsp3) is 0.400. The Labute approximate surface area is 270 Å². The smallest absolute Gasteiger partial charge is 0.407 e. The number of nitrogens with one attached hydrogen (secondary N) is 1. The number of carbonyl (C=O) groups excluding carboxylic acids is 2. The van der Waals surface area contributed by atoms with E-state index in [4.69, 9.17) is 37.3 Å². The van der Waals surface area contributed by atoms with Gasteiger partial charge in [-0.2, -0.15) is 0 Å². The highest BCUT2D eigenvalue weighted by Gasteiger charge is 2.41. The minimum atomic E-state index is -1.55. The first-order valence-electron chi connectivity index (χ1n) is 15.0. The van der Waals surface area contributed by atoms with Gasteiger partial charge in [0.1, 0.15) is 34.0 Å². The number of alkyl carbamates (subject to hydrolysis) is 1. The molecule has 0 radical (unpaired) electrons. The predicted molar refractivity (Wildman–Crippen MR) is 177 cm³/mol. The van der Waals surface area contributed by atoms with Gasteiger partial charge >= 0.3 is 12.1 Å². The number of carbonyl (C=O) groups is 2. The molecule has 240 valence electrons. The number of rotatable bonds is 10. The van der Waals surface area contributed by atoms with Crippen LogP contribution in [0.1, 0.15) is 70.2 Å². The minimum Gasteiger partial charge on any atom is -0.481 e. The molecule has 2 atom stereocenters. The number of hydrogen-bond donors (Lipinski definition) is 3. The van der Waals surface area contributed by atoms with Crippen LogP contribution in [-0.4, -0.2) is 35.2 Å². The number of nitrogens with two attached hydrogens (primary N) is 2. The van der Waals surface area contributed by atoms with Crippen LogP contribution in [0.5, 0.6) is 5.75 Å². The van der Waals surface area contributed by atoms with Crippen LogP contribution >= 0.6 is 11.6 Å². The van der Waals surface area contributed by atoms with Gasteiger partial charge in [0.2, 0.25) is 0 Å². The van der Waals surface area contributed by atoms with Gasteiger partial charge in [0.25, 0.3) is 0 Å². The Kier molecular flexibility index (Phi) is 10.1. The second-order valence-electron chi connectivity index (χ2n) is 13.1. The lowest BCUT2D eigenvalue weighted by Gasteiger charge is -2.32. The van der Waals surface area contributed by atoms with Gasteiger partial charge in [0.05, 0.1) is 0 Å². The average molecular weight is 635 g/mol. The lowest BCUT2D eigenvalue weighted by molar-refractivity contribution is -0.162. The molecule has 0 aromatic heterocycles. The second-order valence-corrected chi connectivity index (χ2v) is 13.5. The number of benzene rings is 3. The number of amides is 1. The van der Waals surface area contributed by atoms with E-state index in [1.807, 2.05) is 69.3 Å². The predicted octanol–water partition coefficient (Wildman–Crippen LogP) is 6.49. The molecule has 1 aliphatic rings. The van der Waals surface area contributed by atoms with Crippen molar-refractivity contribution in [3.05, 3.63) is 94.0 Å². The van der Waals surface area contributed by atoms with E-state index < -0.39 is 28.8 Å². The number of hydrogen-bond acceptors (Lipinski definition) is 8. The third-order valence-electron chi connectivity index (χ3n) is 7.39. The van der Waals surface area contributed by atoms with Crippen molar-refractivity contribution < 1.29 is 23.8 Å². The van der Waals surface area contributed by atoms with E-state index >= 15 is 0 Å². The number of fused-ring (bicyclic) bond motifs is 1. The number of aliphatic imine (C=N–C) groups is 1. The highest BCUT2D eigenvalue weighted by molar-refractivity contribution is 6.30. The van der Waals surface area contributed by atoms with Gasteiger partial charge in [0, 0.05) is 18.0 Å². The molecule has 1 heterocycles. The highest BCUT2D eigenvalue weighted by Crippen LogP contribution is 2.37. The molecule has 1 aliphatic heterocycles. The third kappa shape index (κ3) is 9.22. The summed E-state index contributed by atoms with van der Waals surface area (Å²) in [5.74, 6) is 0.312. The zero-order chi connectivity index (χ0) is 33.0. The van der Waals surface area contributed by atoms with E-state index in [1.54, 1.807) is 39.0 Å². The van der Waals surface area contributed by atoms with E-state index in [0.29, 0.717) is 34.3 Å². The van der Waals surface area contributed by atoms with E-state index in [9.17, 15) is 9.59 Å². The summed E-state index contributed by atoms with van der Waals surface area (Å²) in [6, 6.07) is 20.4. The molecular weight excluding hydrogens is 592 g/mol. The Bertz CT molecular complexity index is 1580. The largest absolute Gasteiger partial charge is 0.481 e. The molecule has 4 rings (SSSR count). The van der Waals surface area contributed by atoms with E-state index in [0.717, 1.165) is 23.1 Å². The summed E-state index contributed by atoms with van der Waals surface area (Å²) in [7, 11) is 0. The standard InChI is InChI=1S/C35H43ClN4O5/c1-22-30(37)40-28-19-26(13-14-29(28)43-22)35(38,31(41)44-33(2,3)4)20-24-10-7-11-25(17-24)21-39-32(42)45-34(5,6)16-15-23-9-8-12-27(36)18-23/h7-14,17-19,22H,15-16,20-21,38H2,1-6H3,(H2,37,40)(H,39,42). The fourth-order valence-corrected chi connectivity index (χ4v) is 5.16. The molecule has 0 bridgehead atoms. The Hall–Kier alpha value is -4.08. The third-order valence-corrected chi connectivity index (χ3v) is 7.63. The first kappa shape index (κ1) is 33.8. The van der Waals surface area contributed by atoms with Gasteiger partial charge in [-0.3, -0.25) is 0 Å². The van der Waals surface area contributed by atoms with Gasteiger partial charge in [0.15, 0.2) is 6.10 Å². The van der Waals surface area contributed by atoms with E-state index in [-0.39, 0.29) is 19.1 Å². The van der Waals surface area contributed by atoms with E-state index in [2.05, 4.69) is 10.3 Å². The summed E-state index contributed by atoms with van der Waals surface area (Å²) in [5.41, 5.74) is 13.6. The number of aryl methyl sites for hydroxylation is 1. The van der Waals surface area contributed by atoms with Gasteiger partial charge in [-0.05, 0) is 101 Å². The number of esters is 1. The Balaban J connectivity index is 1.47. The fourth-order valence-electron chi connectivity index (χ4n) is 4.95. The quantitative estimate of drug-likeness (QED) is 0.217. The molecule has 0 saturated carbocycles. The number of nitrogens with zero attached hydrogens (tertiary/aromatic N) is 1. The van der Waals surface area contributed by atoms with Gasteiger partial charge in [-0.15, -0.1) is 0 Å². The monoisotopic (exact) mass is 634 g/mol. The van der Waals surface area contributed by atoms with Crippen LogP contribution in [0.25, 0.3) is 0 Å². The van der Waals surface area contributed by atoms with Crippen LogP contribution in [0, 0.1) is 0 Å². The summed E-state index contributed by atoms with van der Waals surface area (Å²) >= 11 is 6.09. The molecule has 1 amide bonds. The summed E-state index contributed by atoms with van der Waals surface area (Å²) in [5, 5.41) is 3.51. The molecule has 0 spiro atoms. The molecule has 2 unspecified atom stereocenters. The van der Waals surface area contributed by atoms with Crippen molar-refractivity contribution in [2.45, 2.75) is 90.2 Å². The Morgan fingerprint density at radius 1 is 0.956 bits per heavy atom. The van der Waals surface area contributed by atoms with Crippen LogP contribution < -0.4 is 21.5 Å². The summed E-state index contributed by atoms with van der Waals surface area (Å²) in [6.07, 6.45) is 0.601.